The third-order valence-corrected chi connectivity index (χ3v) is 2.46. The van der Waals surface area contributed by atoms with Gasteiger partial charge >= 0.3 is 0 Å². The van der Waals surface area contributed by atoms with E-state index in [4.69, 9.17) is 9.47 Å². The fourth-order valence-electron chi connectivity index (χ4n) is 1.78. The zero-order valence-electron chi connectivity index (χ0n) is 10.8. The van der Waals surface area contributed by atoms with E-state index in [0.717, 1.165) is 22.3 Å². The first-order valence-electron chi connectivity index (χ1n) is 5.75. The van der Waals surface area contributed by atoms with Gasteiger partial charge in [-0.3, -0.25) is 0 Å². The molecule has 0 aliphatic rings. The van der Waals surface area contributed by atoms with Crippen molar-refractivity contribution in [2.75, 3.05) is 7.11 Å². The Labute approximate surface area is 102 Å². The molecule has 0 saturated carbocycles. The second-order valence-corrected chi connectivity index (χ2v) is 5.06. The van der Waals surface area contributed by atoms with Crippen LogP contribution in [0.2, 0.25) is 0 Å². The normalized spacial score (nSPS) is 11.5. The average Bonchev–Trinajstić information content (AvgIpc) is 2.26. The SMILES string of the molecule is COc1ccc2c(OC(C)(C)C)cccc2c1. The highest BCUT2D eigenvalue weighted by molar-refractivity contribution is 5.89. The highest BCUT2D eigenvalue weighted by atomic mass is 16.5. The lowest BCUT2D eigenvalue weighted by atomic mass is 10.1. The molecule has 0 heterocycles. The van der Waals surface area contributed by atoms with E-state index in [2.05, 4.69) is 26.8 Å². The zero-order chi connectivity index (χ0) is 12.5. The lowest BCUT2D eigenvalue weighted by Crippen LogP contribution is -2.23. The molecule has 0 fully saturated rings. The molecule has 0 N–H and O–H groups in total. The number of rotatable bonds is 2. The highest BCUT2D eigenvalue weighted by Gasteiger charge is 2.13. The van der Waals surface area contributed by atoms with E-state index < -0.39 is 0 Å². The molecule has 0 radical (unpaired) electrons. The van der Waals surface area contributed by atoms with E-state index in [9.17, 15) is 0 Å². The van der Waals surface area contributed by atoms with E-state index in [-0.39, 0.29) is 5.60 Å². The van der Waals surface area contributed by atoms with Crippen LogP contribution in [0, 0.1) is 0 Å². The molecule has 0 unspecified atom stereocenters. The lowest BCUT2D eigenvalue weighted by Gasteiger charge is -2.22. The van der Waals surface area contributed by atoms with Crippen LogP contribution in [0.25, 0.3) is 10.8 Å². The summed E-state index contributed by atoms with van der Waals surface area (Å²) >= 11 is 0. The second kappa shape index (κ2) is 4.28. The van der Waals surface area contributed by atoms with Crippen LogP contribution < -0.4 is 9.47 Å². The van der Waals surface area contributed by atoms with Gasteiger partial charge in [0.05, 0.1) is 7.11 Å². The predicted octanol–water partition coefficient (Wildman–Crippen LogP) is 4.03. The standard InChI is InChI=1S/C15H18O2/c1-15(2,3)17-14-7-5-6-11-10-12(16-4)8-9-13(11)14/h5-10H,1-4H3. The van der Waals surface area contributed by atoms with Gasteiger partial charge in [-0.1, -0.05) is 12.1 Å². The monoisotopic (exact) mass is 230 g/mol. The number of fused-ring (bicyclic) bond motifs is 1. The Balaban J connectivity index is 2.51. The molecule has 0 spiro atoms. The van der Waals surface area contributed by atoms with E-state index in [1.165, 1.54) is 0 Å². The van der Waals surface area contributed by atoms with Crippen molar-refractivity contribution in [3.05, 3.63) is 36.4 Å². The fraction of sp³-hybridized carbons (Fsp3) is 0.333. The summed E-state index contributed by atoms with van der Waals surface area (Å²) in [7, 11) is 1.68. The van der Waals surface area contributed by atoms with Gasteiger partial charge in [0.15, 0.2) is 0 Å². The van der Waals surface area contributed by atoms with E-state index in [1.807, 2.05) is 30.3 Å². The van der Waals surface area contributed by atoms with Crippen LogP contribution in [0.4, 0.5) is 0 Å². The van der Waals surface area contributed by atoms with Crippen LogP contribution in [0.5, 0.6) is 11.5 Å². The Morgan fingerprint density at radius 1 is 1.00 bits per heavy atom. The third kappa shape index (κ3) is 2.70. The Morgan fingerprint density at radius 2 is 1.76 bits per heavy atom. The van der Waals surface area contributed by atoms with Crippen LogP contribution in [0.3, 0.4) is 0 Å². The smallest absolute Gasteiger partial charge is 0.127 e. The van der Waals surface area contributed by atoms with E-state index >= 15 is 0 Å². The maximum atomic E-state index is 5.95. The molecule has 0 atom stereocenters. The number of methoxy groups -OCH3 is 1. The molecule has 0 aromatic heterocycles. The molecule has 2 nitrogen and oxygen atoms in total. The summed E-state index contributed by atoms with van der Waals surface area (Å²) in [6, 6.07) is 12.1. The molecule has 2 aromatic rings. The lowest BCUT2D eigenvalue weighted by molar-refractivity contribution is 0.133. The van der Waals surface area contributed by atoms with Crippen LogP contribution >= 0.6 is 0 Å². The summed E-state index contributed by atoms with van der Waals surface area (Å²) in [5.74, 6) is 1.78. The number of ether oxygens (including phenoxy) is 2. The summed E-state index contributed by atoms with van der Waals surface area (Å²) in [5, 5.41) is 2.24. The van der Waals surface area contributed by atoms with Crippen LogP contribution in [-0.2, 0) is 0 Å². The minimum Gasteiger partial charge on any atom is -0.497 e. The number of hydrogen-bond acceptors (Lipinski definition) is 2. The molecular weight excluding hydrogens is 212 g/mol. The van der Waals surface area contributed by atoms with Crippen molar-refractivity contribution in [3.63, 3.8) is 0 Å². The number of benzene rings is 2. The van der Waals surface area contributed by atoms with Crippen molar-refractivity contribution >= 4 is 10.8 Å². The van der Waals surface area contributed by atoms with Crippen LogP contribution in [0.1, 0.15) is 20.8 Å². The van der Waals surface area contributed by atoms with Crippen LogP contribution in [-0.4, -0.2) is 12.7 Å². The second-order valence-electron chi connectivity index (χ2n) is 5.06. The van der Waals surface area contributed by atoms with Gasteiger partial charge in [-0.25, -0.2) is 0 Å². The molecule has 2 rings (SSSR count). The molecule has 17 heavy (non-hydrogen) atoms. The van der Waals surface area contributed by atoms with Gasteiger partial charge in [0, 0.05) is 5.39 Å². The fourth-order valence-corrected chi connectivity index (χ4v) is 1.78. The van der Waals surface area contributed by atoms with Crippen LogP contribution in [0.15, 0.2) is 36.4 Å². The molecule has 90 valence electrons. The highest BCUT2D eigenvalue weighted by Crippen LogP contribution is 2.30. The first kappa shape index (κ1) is 11.8. The summed E-state index contributed by atoms with van der Waals surface area (Å²) in [6.07, 6.45) is 0. The first-order chi connectivity index (χ1) is 7.99. The van der Waals surface area contributed by atoms with Gasteiger partial charge in [0.25, 0.3) is 0 Å². The van der Waals surface area contributed by atoms with Gasteiger partial charge in [-0.05, 0) is 50.4 Å². The molecule has 0 aliphatic heterocycles. The maximum absolute atomic E-state index is 5.95. The van der Waals surface area contributed by atoms with Crippen molar-refractivity contribution < 1.29 is 9.47 Å². The van der Waals surface area contributed by atoms with Gasteiger partial charge in [0.2, 0.25) is 0 Å². The molecule has 0 amide bonds. The quantitative estimate of drug-likeness (QED) is 0.775. The number of hydrogen-bond donors (Lipinski definition) is 0. The molecule has 2 heteroatoms. The van der Waals surface area contributed by atoms with Crippen molar-refractivity contribution in [2.24, 2.45) is 0 Å². The Hall–Kier alpha value is -1.70. The average molecular weight is 230 g/mol. The largest absolute Gasteiger partial charge is 0.497 e. The summed E-state index contributed by atoms with van der Waals surface area (Å²) in [5.41, 5.74) is -0.186. The van der Waals surface area contributed by atoms with Gasteiger partial charge in [0.1, 0.15) is 17.1 Å². The molecular formula is C15H18O2. The zero-order valence-corrected chi connectivity index (χ0v) is 10.8. The summed E-state index contributed by atoms with van der Waals surface area (Å²) in [6.45, 7) is 6.15. The van der Waals surface area contributed by atoms with Gasteiger partial charge < -0.3 is 9.47 Å². The van der Waals surface area contributed by atoms with Gasteiger partial charge in [-0.2, -0.15) is 0 Å². The Bertz CT molecular complexity index is 524. The van der Waals surface area contributed by atoms with Crippen molar-refractivity contribution in [3.8, 4) is 11.5 Å². The molecule has 0 saturated heterocycles. The molecule has 0 bridgehead atoms. The van der Waals surface area contributed by atoms with Crippen molar-refractivity contribution in [1.82, 2.24) is 0 Å². The maximum Gasteiger partial charge on any atom is 0.127 e. The third-order valence-electron chi connectivity index (χ3n) is 2.46. The molecule has 0 aliphatic carbocycles. The van der Waals surface area contributed by atoms with Gasteiger partial charge in [-0.15, -0.1) is 0 Å². The minimum absolute atomic E-state index is 0.186. The summed E-state index contributed by atoms with van der Waals surface area (Å²) < 4.78 is 11.2. The Morgan fingerprint density at radius 3 is 2.41 bits per heavy atom. The van der Waals surface area contributed by atoms with E-state index in [1.54, 1.807) is 7.11 Å². The van der Waals surface area contributed by atoms with E-state index in [0.29, 0.717) is 0 Å². The van der Waals surface area contributed by atoms with Crippen molar-refractivity contribution in [2.45, 2.75) is 26.4 Å². The predicted molar refractivity (Wildman–Crippen MR) is 70.9 cm³/mol. The molecule has 2 aromatic carbocycles. The van der Waals surface area contributed by atoms with Crippen molar-refractivity contribution in [1.29, 1.82) is 0 Å². The summed E-state index contributed by atoms with van der Waals surface area (Å²) in [4.78, 5) is 0. The topological polar surface area (TPSA) is 18.5 Å². The minimum atomic E-state index is -0.186. The first-order valence-corrected chi connectivity index (χ1v) is 5.75. The Kier molecular flexibility index (Phi) is 2.97.